The van der Waals surface area contributed by atoms with E-state index >= 15 is 0 Å². The maximum absolute atomic E-state index is 13.6. The minimum absolute atomic E-state index is 0.0375. The summed E-state index contributed by atoms with van der Waals surface area (Å²) < 4.78 is 26.5. The van der Waals surface area contributed by atoms with Crippen molar-refractivity contribution < 1.29 is 13.6 Å². The molecule has 6 heteroatoms. The first-order valence-corrected chi connectivity index (χ1v) is 7.64. The number of hydrogen-bond acceptors (Lipinski definition) is 3. The summed E-state index contributed by atoms with van der Waals surface area (Å²) in [5.74, 6) is -1.96. The molecular formula is C19H17F2N3O. The average molecular weight is 341 g/mol. The fourth-order valence-corrected chi connectivity index (χ4v) is 2.21. The van der Waals surface area contributed by atoms with Crippen molar-refractivity contribution in [3.63, 3.8) is 0 Å². The molecule has 0 unspecified atom stereocenters. The molecule has 0 heterocycles. The highest BCUT2D eigenvalue weighted by Crippen LogP contribution is 2.24. The molecule has 2 aromatic rings. The van der Waals surface area contributed by atoms with Crippen LogP contribution in [0.4, 0.5) is 20.2 Å². The third kappa shape index (κ3) is 4.64. The molecule has 0 bridgehead atoms. The Labute approximate surface area is 144 Å². The van der Waals surface area contributed by atoms with Crippen LogP contribution in [0.2, 0.25) is 0 Å². The van der Waals surface area contributed by atoms with E-state index in [0.29, 0.717) is 11.8 Å². The molecule has 0 aliphatic heterocycles. The summed E-state index contributed by atoms with van der Waals surface area (Å²) >= 11 is 0. The maximum atomic E-state index is 13.6. The van der Waals surface area contributed by atoms with Crippen LogP contribution in [0.3, 0.4) is 0 Å². The van der Waals surface area contributed by atoms with E-state index in [-0.39, 0.29) is 17.2 Å². The molecule has 0 saturated carbocycles. The zero-order valence-corrected chi connectivity index (χ0v) is 13.8. The quantitative estimate of drug-likeness (QED) is 0.619. The summed E-state index contributed by atoms with van der Waals surface area (Å²) in [4.78, 5) is 12.3. The Balaban J connectivity index is 2.17. The van der Waals surface area contributed by atoms with Crippen LogP contribution in [0.1, 0.15) is 25.3 Å². The molecule has 0 aliphatic carbocycles. The number of anilines is 2. The van der Waals surface area contributed by atoms with Gasteiger partial charge in [-0.1, -0.05) is 32.0 Å². The SMILES string of the molecule is CC(C)c1ccccc1NC(=O)/C(C#N)=C\Nc1ccc(F)cc1F. The van der Waals surface area contributed by atoms with Crippen molar-refractivity contribution in [2.45, 2.75) is 19.8 Å². The van der Waals surface area contributed by atoms with Gasteiger partial charge in [-0.05, 0) is 29.7 Å². The molecule has 2 N–H and O–H groups in total. The first kappa shape index (κ1) is 18.1. The van der Waals surface area contributed by atoms with Crippen LogP contribution in [0.5, 0.6) is 0 Å². The maximum Gasteiger partial charge on any atom is 0.267 e. The van der Waals surface area contributed by atoms with E-state index < -0.39 is 17.5 Å². The van der Waals surface area contributed by atoms with Crippen LogP contribution in [-0.2, 0) is 4.79 Å². The summed E-state index contributed by atoms with van der Waals surface area (Å²) in [6.45, 7) is 3.98. The molecule has 0 aromatic heterocycles. The zero-order valence-electron chi connectivity index (χ0n) is 13.8. The highest BCUT2D eigenvalue weighted by atomic mass is 19.1. The fourth-order valence-electron chi connectivity index (χ4n) is 2.21. The summed E-state index contributed by atoms with van der Waals surface area (Å²) in [6.07, 6.45) is 1.09. The number of nitrogens with zero attached hydrogens (tertiary/aromatic N) is 1. The number of rotatable bonds is 5. The summed E-state index contributed by atoms with van der Waals surface area (Å²) in [5.41, 5.74) is 1.27. The lowest BCUT2D eigenvalue weighted by molar-refractivity contribution is -0.112. The topological polar surface area (TPSA) is 64.9 Å². The van der Waals surface area contributed by atoms with Gasteiger partial charge in [0.2, 0.25) is 0 Å². The van der Waals surface area contributed by atoms with Crippen molar-refractivity contribution in [1.29, 1.82) is 5.26 Å². The van der Waals surface area contributed by atoms with Crippen LogP contribution >= 0.6 is 0 Å². The Hall–Kier alpha value is -3.20. The minimum Gasteiger partial charge on any atom is -0.358 e. The lowest BCUT2D eigenvalue weighted by Gasteiger charge is -2.13. The van der Waals surface area contributed by atoms with E-state index in [9.17, 15) is 18.8 Å². The van der Waals surface area contributed by atoms with Gasteiger partial charge in [-0.2, -0.15) is 5.26 Å². The number of nitriles is 1. The molecule has 0 aliphatic rings. The third-order valence-corrected chi connectivity index (χ3v) is 3.50. The standard InChI is InChI=1S/C19H17F2N3O/c1-12(2)15-5-3-4-6-17(15)24-19(25)13(10-22)11-23-18-8-7-14(20)9-16(18)21/h3-9,11-12,23H,1-2H3,(H,24,25)/b13-11-. The molecule has 128 valence electrons. The monoisotopic (exact) mass is 341 g/mol. The van der Waals surface area contributed by atoms with Crippen molar-refractivity contribution in [2.24, 2.45) is 0 Å². The van der Waals surface area contributed by atoms with E-state index in [2.05, 4.69) is 10.6 Å². The van der Waals surface area contributed by atoms with E-state index in [1.54, 1.807) is 18.2 Å². The molecular weight excluding hydrogens is 324 g/mol. The zero-order chi connectivity index (χ0) is 18.4. The summed E-state index contributed by atoms with van der Waals surface area (Å²) in [6, 6.07) is 12.0. The van der Waals surface area contributed by atoms with Crippen LogP contribution < -0.4 is 10.6 Å². The Morgan fingerprint density at radius 2 is 1.88 bits per heavy atom. The Morgan fingerprint density at radius 3 is 2.52 bits per heavy atom. The predicted octanol–water partition coefficient (Wildman–Crippen LogP) is 4.55. The van der Waals surface area contributed by atoms with Crippen LogP contribution in [0.15, 0.2) is 54.2 Å². The Bertz CT molecular complexity index is 854. The molecule has 2 aromatic carbocycles. The van der Waals surface area contributed by atoms with Crippen molar-refractivity contribution in [2.75, 3.05) is 10.6 Å². The van der Waals surface area contributed by atoms with Crippen molar-refractivity contribution in [3.05, 3.63) is 71.4 Å². The molecule has 0 atom stereocenters. The molecule has 25 heavy (non-hydrogen) atoms. The smallest absolute Gasteiger partial charge is 0.267 e. The van der Waals surface area contributed by atoms with Crippen LogP contribution in [-0.4, -0.2) is 5.91 Å². The normalized spacial score (nSPS) is 11.1. The first-order valence-electron chi connectivity index (χ1n) is 7.64. The first-order chi connectivity index (χ1) is 11.9. The largest absolute Gasteiger partial charge is 0.358 e. The van der Waals surface area contributed by atoms with Gasteiger partial charge in [0.15, 0.2) is 0 Å². The lowest BCUT2D eigenvalue weighted by atomic mass is 10.0. The number of hydrogen-bond donors (Lipinski definition) is 2. The van der Waals surface area contributed by atoms with Crippen molar-refractivity contribution in [1.82, 2.24) is 0 Å². The molecule has 0 spiro atoms. The number of para-hydroxylation sites is 1. The highest BCUT2D eigenvalue weighted by molar-refractivity contribution is 6.07. The van der Waals surface area contributed by atoms with Gasteiger partial charge >= 0.3 is 0 Å². The van der Waals surface area contributed by atoms with Gasteiger partial charge in [0.05, 0.1) is 5.69 Å². The third-order valence-electron chi connectivity index (χ3n) is 3.50. The molecule has 2 rings (SSSR count). The number of benzene rings is 2. The highest BCUT2D eigenvalue weighted by Gasteiger charge is 2.13. The van der Waals surface area contributed by atoms with E-state index in [0.717, 1.165) is 17.8 Å². The number of nitrogens with one attached hydrogen (secondary N) is 2. The number of amides is 1. The molecule has 1 amide bonds. The molecule has 0 radical (unpaired) electrons. The number of carbonyl (C=O) groups is 1. The van der Waals surface area contributed by atoms with Gasteiger partial charge in [0, 0.05) is 18.0 Å². The lowest BCUT2D eigenvalue weighted by Crippen LogP contribution is -2.16. The Morgan fingerprint density at radius 1 is 1.16 bits per heavy atom. The van der Waals surface area contributed by atoms with Gasteiger partial charge in [-0.25, -0.2) is 8.78 Å². The molecule has 4 nitrogen and oxygen atoms in total. The van der Waals surface area contributed by atoms with E-state index in [4.69, 9.17) is 0 Å². The molecule has 0 fully saturated rings. The second-order valence-electron chi connectivity index (χ2n) is 5.63. The minimum atomic E-state index is -0.820. The van der Waals surface area contributed by atoms with E-state index in [1.807, 2.05) is 26.0 Å². The van der Waals surface area contributed by atoms with E-state index in [1.165, 1.54) is 6.07 Å². The van der Waals surface area contributed by atoms with Gasteiger partial charge in [0.1, 0.15) is 23.3 Å². The average Bonchev–Trinajstić information content (AvgIpc) is 2.57. The fraction of sp³-hybridized carbons (Fsp3) is 0.158. The summed E-state index contributed by atoms with van der Waals surface area (Å²) in [5, 5.41) is 14.4. The predicted molar refractivity (Wildman–Crippen MR) is 92.8 cm³/mol. The van der Waals surface area contributed by atoms with Crippen LogP contribution in [0, 0.1) is 23.0 Å². The van der Waals surface area contributed by atoms with Crippen molar-refractivity contribution >= 4 is 17.3 Å². The van der Waals surface area contributed by atoms with Gasteiger partial charge < -0.3 is 10.6 Å². The second-order valence-corrected chi connectivity index (χ2v) is 5.63. The summed E-state index contributed by atoms with van der Waals surface area (Å²) in [7, 11) is 0. The van der Waals surface area contributed by atoms with Crippen molar-refractivity contribution in [3.8, 4) is 6.07 Å². The number of carbonyl (C=O) groups excluding carboxylic acids is 1. The number of halogens is 2. The van der Waals surface area contributed by atoms with Gasteiger partial charge in [0.25, 0.3) is 5.91 Å². The molecule has 0 saturated heterocycles. The van der Waals surface area contributed by atoms with Crippen LogP contribution in [0.25, 0.3) is 0 Å². The van der Waals surface area contributed by atoms with Gasteiger partial charge in [-0.3, -0.25) is 4.79 Å². The second kappa shape index (κ2) is 8.06. The Kier molecular flexibility index (Phi) is 5.85. The van der Waals surface area contributed by atoms with Gasteiger partial charge in [-0.15, -0.1) is 0 Å².